The highest BCUT2D eigenvalue weighted by Crippen LogP contribution is 2.28. The summed E-state index contributed by atoms with van der Waals surface area (Å²) in [5.41, 5.74) is 1.81. The minimum Gasteiger partial charge on any atom is -0.482 e. The molecule has 0 fully saturated rings. The molecular weight excluding hydrogens is 299 g/mol. The molecule has 2 amide bonds. The summed E-state index contributed by atoms with van der Waals surface area (Å²) >= 11 is 0. The van der Waals surface area contributed by atoms with Gasteiger partial charge >= 0.3 is 0 Å². The topological polar surface area (TPSA) is 67.4 Å². The molecule has 2 aromatic rings. The quantitative estimate of drug-likeness (QED) is 0.907. The van der Waals surface area contributed by atoms with E-state index in [0.29, 0.717) is 23.5 Å². The Morgan fingerprint density at radius 1 is 1.26 bits per heavy atom. The van der Waals surface area contributed by atoms with E-state index in [2.05, 4.69) is 10.6 Å². The highest BCUT2D eigenvalue weighted by atomic mass is 19.1. The standard InChI is InChI=1S/C17H15FN2O3/c18-13-4-2-1-3-12(13)8-16(21)19-9-11-5-6-14-15(7-11)23-10-17(22)20-14/h1-7H,8-10H2,(H,19,21)(H,20,22). The van der Waals surface area contributed by atoms with Crippen LogP contribution in [0.15, 0.2) is 42.5 Å². The van der Waals surface area contributed by atoms with Crippen LogP contribution in [-0.4, -0.2) is 18.4 Å². The van der Waals surface area contributed by atoms with Crippen molar-refractivity contribution in [3.05, 3.63) is 59.4 Å². The van der Waals surface area contributed by atoms with E-state index in [9.17, 15) is 14.0 Å². The van der Waals surface area contributed by atoms with E-state index in [4.69, 9.17) is 4.74 Å². The van der Waals surface area contributed by atoms with E-state index in [1.165, 1.54) is 6.07 Å². The Hall–Kier alpha value is -2.89. The molecule has 0 aliphatic carbocycles. The Bertz CT molecular complexity index is 761. The molecule has 3 rings (SSSR count). The number of rotatable bonds is 4. The average molecular weight is 314 g/mol. The van der Waals surface area contributed by atoms with E-state index >= 15 is 0 Å². The summed E-state index contributed by atoms with van der Waals surface area (Å²) in [5.74, 6) is -0.267. The second-order valence-electron chi connectivity index (χ2n) is 5.21. The van der Waals surface area contributed by atoms with E-state index < -0.39 is 0 Å². The molecule has 2 N–H and O–H groups in total. The molecule has 0 atom stereocenters. The van der Waals surface area contributed by atoms with Gasteiger partial charge in [-0.15, -0.1) is 0 Å². The zero-order valence-electron chi connectivity index (χ0n) is 12.3. The normalized spacial score (nSPS) is 12.8. The summed E-state index contributed by atoms with van der Waals surface area (Å²) < 4.78 is 18.8. The number of carbonyl (C=O) groups is 2. The molecule has 5 nitrogen and oxygen atoms in total. The third kappa shape index (κ3) is 3.66. The monoisotopic (exact) mass is 314 g/mol. The van der Waals surface area contributed by atoms with Gasteiger partial charge in [-0.3, -0.25) is 9.59 Å². The van der Waals surface area contributed by atoms with Crippen molar-refractivity contribution in [3.8, 4) is 5.75 Å². The number of halogens is 1. The molecule has 1 aliphatic heterocycles. The highest BCUT2D eigenvalue weighted by Gasteiger charge is 2.16. The van der Waals surface area contributed by atoms with E-state index in [-0.39, 0.29) is 30.7 Å². The lowest BCUT2D eigenvalue weighted by molar-refractivity contribution is -0.120. The number of hydrogen-bond acceptors (Lipinski definition) is 3. The van der Waals surface area contributed by atoms with Crippen molar-refractivity contribution in [2.24, 2.45) is 0 Å². The van der Waals surface area contributed by atoms with Crippen molar-refractivity contribution in [2.45, 2.75) is 13.0 Å². The molecule has 1 aliphatic rings. The maximum atomic E-state index is 13.5. The van der Waals surface area contributed by atoms with Crippen LogP contribution in [0.3, 0.4) is 0 Å². The second-order valence-corrected chi connectivity index (χ2v) is 5.21. The fraction of sp³-hybridized carbons (Fsp3) is 0.176. The van der Waals surface area contributed by atoms with Gasteiger partial charge in [-0.2, -0.15) is 0 Å². The van der Waals surface area contributed by atoms with Crippen molar-refractivity contribution in [2.75, 3.05) is 11.9 Å². The highest BCUT2D eigenvalue weighted by molar-refractivity contribution is 5.95. The smallest absolute Gasteiger partial charge is 0.262 e. The van der Waals surface area contributed by atoms with Crippen molar-refractivity contribution in [1.29, 1.82) is 0 Å². The van der Waals surface area contributed by atoms with E-state index in [0.717, 1.165) is 5.56 Å². The Labute approximate surface area is 132 Å². The zero-order chi connectivity index (χ0) is 16.2. The van der Waals surface area contributed by atoms with Gasteiger partial charge in [-0.05, 0) is 29.3 Å². The van der Waals surface area contributed by atoms with Gasteiger partial charge in [0.2, 0.25) is 5.91 Å². The van der Waals surface area contributed by atoms with Crippen LogP contribution in [-0.2, 0) is 22.6 Å². The Kier molecular flexibility index (Phi) is 4.23. The second kappa shape index (κ2) is 6.48. The first-order valence-electron chi connectivity index (χ1n) is 7.17. The lowest BCUT2D eigenvalue weighted by atomic mass is 10.1. The Morgan fingerprint density at radius 3 is 2.91 bits per heavy atom. The van der Waals surface area contributed by atoms with Crippen molar-refractivity contribution < 1.29 is 18.7 Å². The van der Waals surface area contributed by atoms with Gasteiger partial charge in [-0.25, -0.2) is 4.39 Å². The van der Waals surface area contributed by atoms with Crippen LogP contribution >= 0.6 is 0 Å². The van der Waals surface area contributed by atoms with Gasteiger partial charge in [-0.1, -0.05) is 24.3 Å². The number of anilines is 1. The molecule has 0 radical (unpaired) electrons. The minimum absolute atomic E-state index is 0.00975. The SMILES string of the molecule is O=C(Cc1ccccc1F)NCc1ccc2c(c1)OCC(=O)N2. The van der Waals surface area contributed by atoms with Gasteiger partial charge in [0.25, 0.3) is 5.91 Å². The van der Waals surface area contributed by atoms with Crippen molar-refractivity contribution >= 4 is 17.5 Å². The first-order valence-corrected chi connectivity index (χ1v) is 7.17. The van der Waals surface area contributed by atoms with Crippen LogP contribution in [0, 0.1) is 5.82 Å². The average Bonchev–Trinajstić information content (AvgIpc) is 2.55. The predicted molar refractivity (Wildman–Crippen MR) is 82.5 cm³/mol. The van der Waals surface area contributed by atoms with Crippen LogP contribution in [0.1, 0.15) is 11.1 Å². The molecule has 0 aromatic heterocycles. The van der Waals surface area contributed by atoms with Gasteiger partial charge < -0.3 is 15.4 Å². The summed E-state index contributed by atoms with van der Waals surface area (Å²) in [6.45, 7) is 0.286. The summed E-state index contributed by atoms with van der Waals surface area (Å²) in [4.78, 5) is 23.1. The third-order valence-electron chi connectivity index (χ3n) is 3.48. The molecule has 1 heterocycles. The predicted octanol–water partition coefficient (Wildman–Crippen LogP) is 2.02. The zero-order valence-corrected chi connectivity index (χ0v) is 12.3. The van der Waals surface area contributed by atoms with Crippen LogP contribution < -0.4 is 15.4 Å². The fourth-order valence-electron chi connectivity index (χ4n) is 2.31. The number of hydrogen-bond donors (Lipinski definition) is 2. The van der Waals surface area contributed by atoms with Crippen LogP contribution in [0.4, 0.5) is 10.1 Å². The number of ether oxygens (including phenoxy) is 1. The van der Waals surface area contributed by atoms with Gasteiger partial charge in [0.1, 0.15) is 11.6 Å². The largest absolute Gasteiger partial charge is 0.482 e. The Balaban J connectivity index is 1.59. The number of benzene rings is 2. The molecule has 0 saturated carbocycles. The summed E-state index contributed by atoms with van der Waals surface area (Å²) in [6, 6.07) is 11.5. The molecule has 118 valence electrons. The number of fused-ring (bicyclic) bond motifs is 1. The maximum Gasteiger partial charge on any atom is 0.262 e. The molecule has 6 heteroatoms. The van der Waals surface area contributed by atoms with Gasteiger partial charge in [0.15, 0.2) is 6.61 Å². The van der Waals surface area contributed by atoms with Gasteiger partial charge in [0, 0.05) is 6.54 Å². The number of carbonyl (C=O) groups excluding carboxylic acids is 2. The summed E-state index contributed by atoms with van der Waals surface area (Å²) in [5, 5.41) is 5.44. The molecule has 0 saturated heterocycles. The summed E-state index contributed by atoms with van der Waals surface area (Å²) in [6.07, 6.45) is -0.00975. The Morgan fingerprint density at radius 2 is 2.09 bits per heavy atom. The molecule has 2 aromatic carbocycles. The summed E-state index contributed by atoms with van der Waals surface area (Å²) in [7, 11) is 0. The maximum absolute atomic E-state index is 13.5. The fourth-order valence-corrected chi connectivity index (χ4v) is 2.31. The molecular formula is C17H15FN2O3. The first kappa shape index (κ1) is 15.0. The lowest BCUT2D eigenvalue weighted by Gasteiger charge is -2.18. The number of amides is 2. The van der Waals surface area contributed by atoms with E-state index in [1.807, 2.05) is 0 Å². The molecule has 0 spiro atoms. The first-order chi connectivity index (χ1) is 11.1. The van der Waals surface area contributed by atoms with Crippen molar-refractivity contribution in [1.82, 2.24) is 5.32 Å². The number of nitrogens with one attached hydrogen (secondary N) is 2. The van der Waals surface area contributed by atoms with Crippen LogP contribution in [0.2, 0.25) is 0 Å². The lowest BCUT2D eigenvalue weighted by Crippen LogP contribution is -2.26. The minimum atomic E-state index is -0.388. The molecule has 0 bridgehead atoms. The van der Waals surface area contributed by atoms with E-state index in [1.54, 1.807) is 36.4 Å². The van der Waals surface area contributed by atoms with Crippen LogP contribution in [0.25, 0.3) is 0 Å². The molecule has 0 unspecified atom stereocenters. The third-order valence-corrected chi connectivity index (χ3v) is 3.48. The van der Waals surface area contributed by atoms with Crippen LogP contribution in [0.5, 0.6) is 5.75 Å². The van der Waals surface area contributed by atoms with Crippen molar-refractivity contribution in [3.63, 3.8) is 0 Å². The van der Waals surface area contributed by atoms with Gasteiger partial charge in [0.05, 0.1) is 12.1 Å². The molecule has 23 heavy (non-hydrogen) atoms.